The number of carbonyl (C=O) groups is 4. The normalized spacial score (nSPS) is 26.4. The lowest BCUT2D eigenvalue weighted by Gasteiger charge is -2.35. The highest BCUT2D eigenvalue weighted by molar-refractivity contribution is 7.91. The van der Waals surface area contributed by atoms with Crippen molar-refractivity contribution in [3.05, 3.63) is 83.4 Å². The molecule has 2 aromatic heterocycles. The van der Waals surface area contributed by atoms with Crippen LogP contribution in [0.1, 0.15) is 70.9 Å². The van der Waals surface area contributed by atoms with Gasteiger partial charge in [-0.15, -0.1) is 6.58 Å². The topological polar surface area (TPSA) is 199 Å². The molecule has 4 heterocycles. The molecule has 15 nitrogen and oxygen atoms in total. The number of cyclic esters (lactones) is 1. The van der Waals surface area contributed by atoms with E-state index < -0.39 is 79.6 Å². The van der Waals surface area contributed by atoms with Gasteiger partial charge in [-0.05, 0) is 61.6 Å². The van der Waals surface area contributed by atoms with E-state index in [1.54, 1.807) is 33.2 Å². The van der Waals surface area contributed by atoms with Gasteiger partial charge >= 0.3 is 6.09 Å². The van der Waals surface area contributed by atoms with E-state index in [1.807, 2.05) is 42.5 Å². The van der Waals surface area contributed by atoms with E-state index in [-0.39, 0.29) is 32.4 Å². The summed E-state index contributed by atoms with van der Waals surface area (Å²) in [6.07, 6.45) is 10.1. The number of amides is 4. The molecule has 3 N–H and O–H groups in total. The van der Waals surface area contributed by atoms with Gasteiger partial charge in [0.15, 0.2) is 0 Å². The third kappa shape index (κ3) is 7.58. The number of pyridine rings is 1. The van der Waals surface area contributed by atoms with Crippen LogP contribution in [-0.4, -0.2) is 87.9 Å². The summed E-state index contributed by atoms with van der Waals surface area (Å²) in [6.45, 7) is 9.04. The van der Waals surface area contributed by atoms with Gasteiger partial charge in [0.2, 0.25) is 21.8 Å². The number of sulfonamides is 1. The molecule has 0 radical (unpaired) electrons. The first-order chi connectivity index (χ1) is 26.6. The van der Waals surface area contributed by atoms with E-state index in [0.29, 0.717) is 36.8 Å². The molecule has 4 aliphatic rings. The number of hydrogen-bond acceptors (Lipinski definition) is 10. The summed E-state index contributed by atoms with van der Waals surface area (Å²) in [7, 11) is -3.93. The average Bonchev–Trinajstić information content (AvgIpc) is 4.09. The zero-order chi connectivity index (χ0) is 40.0. The zero-order valence-corrected chi connectivity index (χ0v) is 32.5. The highest BCUT2D eigenvalue weighted by Gasteiger charge is 2.62. The van der Waals surface area contributed by atoms with E-state index in [4.69, 9.17) is 4.74 Å². The monoisotopic (exact) mass is 785 g/mol. The maximum Gasteiger partial charge on any atom is 0.407 e. The molecule has 3 aromatic rings. The molecule has 16 heteroatoms. The summed E-state index contributed by atoms with van der Waals surface area (Å²) in [5.74, 6) is -2.74. The van der Waals surface area contributed by atoms with Crippen LogP contribution < -0.4 is 20.9 Å². The standard InChI is InChI=1S/C40H47N7O8S/c1-5-24-21-40(24,37(51)45-56(53,54)26-16-17-26)44-34(48)32-20-25-23-46(32)36(50)33(39(2,3)4)43-38(52)55-19-9-7-6-8-12-29-30(22-42-47(25)35(29)49)27-13-10-15-31-28(27)14-11-18-41-31/h5-6,8,10-11,13-15,18,22,24-26,32-33H,1,7,9,12,16-17,19-21,23H2,2-4H3,(H,43,52)(H,44,48)(H,45,51)/b8-6+/t24-,25?,32+,33-,40?/m1/s1. The van der Waals surface area contributed by atoms with Crippen molar-refractivity contribution in [1.82, 2.24) is 35.0 Å². The number of rotatable bonds is 7. The molecule has 1 saturated heterocycles. The number of ether oxygens (including phenoxy) is 1. The van der Waals surface area contributed by atoms with Crippen LogP contribution in [0.3, 0.4) is 0 Å². The maximum absolute atomic E-state index is 14.6. The van der Waals surface area contributed by atoms with E-state index in [1.165, 1.54) is 15.7 Å². The molecule has 296 valence electrons. The van der Waals surface area contributed by atoms with Gasteiger partial charge in [-0.3, -0.25) is 28.9 Å². The second-order valence-electron chi connectivity index (χ2n) is 16.1. The molecule has 0 spiro atoms. The van der Waals surface area contributed by atoms with Gasteiger partial charge < -0.3 is 20.3 Å². The van der Waals surface area contributed by atoms with Gasteiger partial charge in [0.1, 0.15) is 17.6 Å². The summed E-state index contributed by atoms with van der Waals surface area (Å²) in [6, 6.07) is 6.26. The summed E-state index contributed by atoms with van der Waals surface area (Å²) in [5, 5.41) is 10.3. The Morgan fingerprint density at radius 2 is 1.88 bits per heavy atom. The Bertz CT molecular complexity index is 2290. The van der Waals surface area contributed by atoms with Gasteiger partial charge in [-0.25, -0.2) is 17.9 Å². The van der Waals surface area contributed by atoms with Crippen molar-refractivity contribution in [1.29, 1.82) is 0 Å². The molecule has 2 aliphatic carbocycles. The number of benzene rings is 1. The van der Waals surface area contributed by atoms with Crippen molar-refractivity contribution in [2.75, 3.05) is 13.2 Å². The SMILES string of the molecule is C=C[C@@H]1CC1(NC(=O)[C@@H]1CC2CN1C(=O)[C@H](C(C)(C)C)NC(=O)OCCC/C=C/Cc1c(-c3cccc4ncccc34)cnn2c1=O)C(=O)NS(=O)(=O)C1CC1. The number of nitrogens with one attached hydrogen (secondary N) is 3. The number of carbonyl (C=O) groups excluding carboxylic acids is 4. The number of allylic oxidation sites excluding steroid dienone is 2. The Kier molecular flexibility index (Phi) is 10.4. The van der Waals surface area contributed by atoms with Crippen molar-refractivity contribution < 1.29 is 32.3 Å². The van der Waals surface area contributed by atoms with Crippen LogP contribution in [0.15, 0.2) is 72.3 Å². The quantitative estimate of drug-likeness (QED) is 0.299. The van der Waals surface area contributed by atoms with Crippen LogP contribution in [0.5, 0.6) is 0 Å². The smallest absolute Gasteiger partial charge is 0.407 e. The van der Waals surface area contributed by atoms with Crippen molar-refractivity contribution in [2.45, 2.75) is 94.6 Å². The minimum Gasteiger partial charge on any atom is -0.450 e. The van der Waals surface area contributed by atoms with E-state index in [0.717, 1.165) is 16.5 Å². The number of fused-ring (bicyclic) bond motifs is 6. The summed E-state index contributed by atoms with van der Waals surface area (Å²) < 4.78 is 34.4. The minimum absolute atomic E-state index is 0.0601. The first-order valence-corrected chi connectivity index (χ1v) is 20.5. The van der Waals surface area contributed by atoms with Crippen LogP contribution in [0.25, 0.3) is 22.0 Å². The van der Waals surface area contributed by atoms with Crippen molar-refractivity contribution in [3.63, 3.8) is 0 Å². The Morgan fingerprint density at radius 1 is 1.09 bits per heavy atom. The fourth-order valence-electron chi connectivity index (χ4n) is 7.69. The Hall–Kier alpha value is -5.38. The highest BCUT2D eigenvalue weighted by Crippen LogP contribution is 2.46. The van der Waals surface area contributed by atoms with Gasteiger partial charge in [-0.2, -0.15) is 5.10 Å². The molecule has 2 unspecified atom stereocenters. The molecule has 1 aromatic carbocycles. The van der Waals surface area contributed by atoms with Crippen LogP contribution in [0.4, 0.5) is 4.79 Å². The summed E-state index contributed by atoms with van der Waals surface area (Å²) >= 11 is 0. The molecule has 4 amide bonds. The second-order valence-corrected chi connectivity index (χ2v) is 18.1. The average molecular weight is 786 g/mol. The van der Waals surface area contributed by atoms with E-state index in [9.17, 15) is 32.4 Å². The van der Waals surface area contributed by atoms with Crippen LogP contribution >= 0.6 is 0 Å². The predicted molar refractivity (Wildman–Crippen MR) is 207 cm³/mol. The number of aromatic nitrogens is 3. The zero-order valence-electron chi connectivity index (χ0n) is 31.7. The van der Waals surface area contributed by atoms with Crippen LogP contribution in [0, 0.1) is 11.3 Å². The predicted octanol–water partition coefficient (Wildman–Crippen LogP) is 3.30. The van der Waals surface area contributed by atoms with Gasteiger partial charge in [0, 0.05) is 41.6 Å². The lowest BCUT2D eigenvalue weighted by Crippen LogP contribution is -2.60. The van der Waals surface area contributed by atoms with Crippen molar-refractivity contribution in [2.24, 2.45) is 11.3 Å². The lowest BCUT2D eigenvalue weighted by molar-refractivity contribution is -0.142. The Balaban J connectivity index is 1.29. The van der Waals surface area contributed by atoms with Crippen LogP contribution in [0.2, 0.25) is 0 Å². The first-order valence-electron chi connectivity index (χ1n) is 19.0. The molecule has 7 rings (SSSR count). The largest absolute Gasteiger partial charge is 0.450 e. The van der Waals surface area contributed by atoms with Crippen molar-refractivity contribution >= 4 is 44.7 Å². The molecular weight excluding hydrogens is 739 g/mol. The third-order valence-corrected chi connectivity index (χ3v) is 12.9. The van der Waals surface area contributed by atoms with Gasteiger partial charge in [0.25, 0.3) is 11.5 Å². The Labute approximate surface area is 325 Å². The molecule has 2 aliphatic heterocycles. The fourth-order valence-corrected chi connectivity index (χ4v) is 9.06. The number of hydrogen-bond donors (Lipinski definition) is 3. The van der Waals surface area contributed by atoms with E-state index >= 15 is 0 Å². The number of nitrogens with zero attached hydrogens (tertiary/aromatic N) is 4. The lowest BCUT2D eigenvalue weighted by atomic mass is 9.85. The molecule has 4 bridgehead atoms. The second kappa shape index (κ2) is 14.9. The third-order valence-electron chi connectivity index (χ3n) is 11.1. The number of alkyl carbamates (subject to hydrolysis) is 1. The van der Waals surface area contributed by atoms with Gasteiger partial charge in [-0.1, -0.05) is 57.2 Å². The highest BCUT2D eigenvalue weighted by atomic mass is 32.2. The van der Waals surface area contributed by atoms with E-state index in [2.05, 4.69) is 32.0 Å². The van der Waals surface area contributed by atoms with Gasteiger partial charge in [0.05, 0.1) is 29.6 Å². The first kappa shape index (κ1) is 38.9. The molecule has 2 saturated carbocycles. The summed E-state index contributed by atoms with van der Waals surface area (Å²) in [4.78, 5) is 76.0. The fraction of sp³-hybridized carbons (Fsp3) is 0.475. The molecule has 56 heavy (non-hydrogen) atoms. The van der Waals surface area contributed by atoms with Crippen molar-refractivity contribution in [3.8, 4) is 11.1 Å². The Morgan fingerprint density at radius 3 is 2.59 bits per heavy atom. The maximum atomic E-state index is 14.6. The summed E-state index contributed by atoms with van der Waals surface area (Å²) in [5.41, 5.74) is -0.226. The molecule has 3 fully saturated rings. The minimum atomic E-state index is -3.93. The van der Waals surface area contributed by atoms with Crippen LogP contribution in [-0.2, 0) is 35.6 Å². The molecule has 5 atom stereocenters. The molecular formula is C40H47N7O8S.